The second kappa shape index (κ2) is 9.92. The normalized spacial score (nSPS) is 21.0. The Labute approximate surface area is 252 Å². The molecule has 3 aliphatic rings. The van der Waals surface area contributed by atoms with Crippen molar-refractivity contribution < 1.29 is 28.2 Å². The lowest BCUT2D eigenvalue weighted by Gasteiger charge is -2.37. The second-order valence-corrected chi connectivity index (χ2v) is 11.3. The van der Waals surface area contributed by atoms with E-state index in [1.165, 1.54) is 26.4 Å². The van der Waals surface area contributed by atoms with Crippen molar-refractivity contribution in [3.8, 4) is 11.5 Å². The molecule has 2 heterocycles. The number of nitrogens with zero attached hydrogens (tertiary/aromatic N) is 1. The van der Waals surface area contributed by atoms with E-state index in [0.29, 0.717) is 39.4 Å². The summed E-state index contributed by atoms with van der Waals surface area (Å²) >= 11 is 6.59. The van der Waals surface area contributed by atoms with Gasteiger partial charge < -0.3 is 14.4 Å². The molecule has 43 heavy (non-hydrogen) atoms. The van der Waals surface area contributed by atoms with Gasteiger partial charge in [-0.3, -0.25) is 14.4 Å². The quantitative estimate of drug-likeness (QED) is 0.187. The third-order valence-electron chi connectivity index (χ3n) is 8.95. The van der Waals surface area contributed by atoms with Crippen LogP contribution in [0.25, 0.3) is 6.08 Å². The van der Waals surface area contributed by atoms with Crippen LogP contribution in [0.1, 0.15) is 48.1 Å². The van der Waals surface area contributed by atoms with Crippen molar-refractivity contribution in [2.45, 2.75) is 18.0 Å². The Morgan fingerprint density at radius 3 is 2.26 bits per heavy atom. The molecular formula is C35H25ClFNO5. The van der Waals surface area contributed by atoms with Crippen LogP contribution in [-0.4, -0.2) is 43.7 Å². The van der Waals surface area contributed by atoms with Crippen LogP contribution in [0, 0.1) is 11.2 Å². The lowest BCUT2D eigenvalue weighted by molar-refractivity contribution is 0.0665. The SMILES string of the molecule is COc1ccc([C@@H]2[C@@H](C(=O)c3ccccc3Cl)N3c4ccc(F)cc4C=C[C@H]3C23C(=O)c2ccccc2C3=O)c(OC)c1. The predicted molar refractivity (Wildman–Crippen MR) is 161 cm³/mol. The Morgan fingerprint density at radius 2 is 1.58 bits per heavy atom. The first-order valence-corrected chi connectivity index (χ1v) is 14.2. The lowest BCUT2D eigenvalue weighted by Crippen LogP contribution is -2.48. The molecule has 0 aromatic heterocycles. The van der Waals surface area contributed by atoms with Crippen LogP contribution in [0.5, 0.6) is 11.5 Å². The van der Waals surface area contributed by atoms with Crippen molar-refractivity contribution in [2.24, 2.45) is 5.41 Å². The second-order valence-electron chi connectivity index (χ2n) is 10.9. The summed E-state index contributed by atoms with van der Waals surface area (Å²) in [5.74, 6) is -1.73. The summed E-state index contributed by atoms with van der Waals surface area (Å²) < 4.78 is 25.7. The van der Waals surface area contributed by atoms with Gasteiger partial charge in [-0.2, -0.15) is 0 Å². The predicted octanol–water partition coefficient (Wildman–Crippen LogP) is 6.81. The van der Waals surface area contributed by atoms with Crippen LogP contribution < -0.4 is 14.4 Å². The average molecular weight is 594 g/mol. The number of methoxy groups -OCH3 is 2. The summed E-state index contributed by atoms with van der Waals surface area (Å²) in [6.07, 6.45) is 3.46. The minimum Gasteiger partial charge on any atom is -0.497 e. The minimum absolute atomic E-state index is 0.240. The van der Waals surface area contributed by atoms with Gasteiger partial charge in [-0.1, -0.05) is 66.2 Å². The van der Waals surface area contributed by atoms with Crippen LogP contribution in [-0.2, 0) is 0 Å². The number of hydrogen-bond donors (Lipinski definition) is 0. The van der Waals surface area contributed by atoms with E-state index in [4.69, 9.17) is 21.1 Å². The molecule has 0 amide bonds. The maximum Gasteiger partial charge on any atom is 0.187 e. The average Bonchev–Trinajstić information content (AvgIpc) is 3.46. The first-order chi connectivity index (χ1) is 20.8. The number of carbonyl (C=O) groups excluding carboxylic acids is 3. The number of hydrogen-bond acceptors (Lipinski definition) is 6. The Kier molecular flexibility index (Phi) is 6.25. The summed E-state index contributed by atoms with van der Waals surface area (Å²) in [6.45, 7) is 0. The van der Waals surface area contributed by atoms with Crippen LogP contribution >= 0.6 is 11.6 Å². The number of rotatable bonds is 5. The number of Topliss-reactive ketones (excluding diaryl/α,β-unsaturated/α-hetero) is 3. The van der Waals surface area contributed by atoms with Crippen molar-refractivity contribution in [3.05, 3.63) is 130 Å². The lowest BCUT2D eigenvalue weighted by atomic mass is 9.64. The van der Waals surface area contributed by atoms with E-state index in [2.05, 4.69) is 0 Å². The molecule has 8 heteroatoms. The highest BCUT2D eigenvalue weighted by Crippen LogP contribution is 2.62. The van der Waals surface area contributed by atoms with Crippen LogP contribution in [0.15, 0.2) is 91.0 Å². The van der Waals surface area contributed by atoms with E-state index in [0.717, 1.165) is 0 Å². The molecule has 0 radical (unpaired) electrons. The molecule has 0 unspecified atom stereocenters. The molecule has 0 saturated carbocycles. The Hall–Kier alpha value is -4.75. The summed E-state index contributed by atoms with van der Waals surface area (Å²) in [4.78, 5) is 46.2. The van der Waals surface area contributed by atoms with Gasteiger partial charge in [0.2, 0.25) is 0 Å². The molecule has 2 aliphatic heterocycles. The smallest absolute Gasteiger partial charge is 0.187 e. The number of fused-ring (bicyclic) bond motifs is 5. The Morgan fingerprint density at radius 1 is 0.884 bits per heavy atom. The summed E-state index contributed by atoms with van der Waals surface area (Å²) in [6, 6.07) is 20.9. The van der Waals surface area contributed by atoms with Crippen molar-refractivity contribution in [3.63, 3.8) is 0 Å². The first kappa shape index (κ1) is 27.1. The third-order valence-corrected chi connectivity index (χ3v) is 9.28. The molecule has 1 fully saturated rings. The monoisotopic (exact) mass is 593 g/mol. The zero-order chi connectivity index (χ0) is 30.0. The van der Waals surface area contributed by atoms with Crippen molar-refractivity contribution in [1.82, 2.24) is 0 Å². The van der Waals surface area contributed by atoms with E-state index in [9.17, 15) is 18.8 Å². The summed E-state index contributed by atoms with van der Waals surface area (Å²) in [5.41, 5.74) is 0.663. The minimum atomic E-state index is -1.74. The maximum atomic E-state index is 14.8. The molecule has 1 aliphatic carbocycles. The molecular weight excluding hydrogens is 569 g/mol. The van der Waals surface area contributed by atoms with Gasteiger partial charge in [0.15, 0.2) is 17.3 Å². The number of benzene rings is 4. The van der Waals surface area contributed by atoms with E-state index >= 15 is 0 Å². The number of ketones is 3. The van der Waals surface area contributed by atoms with Crippen molar-refractivity contribution >= 4 is 40.7 Å². The molecule has 0 bridgehead atoms. The first-order valence-electron chi connectivity index (χ1n) is 13.8. The number of carbonyl (C=O) groups is 3. The van der Waals surface area contributed by atoms with Gasteiger partial charge in [-0.25, -0.2) is 4.39 Å². The molecule has 4 aromatic rings. The highest BCUT2D eigenvalue weighted by atomic mass is 35.5. The van der Waals surface area contributed by atoms with Crippen molar-refractivity contribution in [1.29, 1.82) is 0 Å². The fourth-order valence-electron chi connectivity index (χ4n) is 7.19. The third kappa shape index (κ3) is 3.67. The number of anilines is 1. The zero-order valence-corrected chi connectivity index (χ0v) is 24.0. The van der Waals surface area contributed by atoms with E-state index in [-0.39, 0.29) is 27.9 Å². The zero-order valence-electron chi connectivity index (χ0n) is 23.2. The van der Waals surface area contributed by atoms with Crippen LogP contribution in [0.3, 0.4) is 0 Å². The van der Waals surface area contributed by atoms with Gasteiger partial charge in [0, 0.05) is 45.5 Å². The molecule has 3 atom stereocenters. The molecule has 214 valence electrons. The topological polar surface area (TPSA) is 72.9 Å². The number of halogens is 2. The largest absolute Gasteiger partial charge is 0.497 e. The number of ether oxygens (including phenoxy) is 2. The fraction of sp³-hybridized carbons (Fsp3) is 0.171. The molecule has 1 saturated heterocycles. The van der Waals surface area contributed by atoms with Gasteiger partial charge in [0.05, 0.1) is 25.3 Å². The molecule has 4 aromatic carbocycles. The standard InChI is InChI=1S/C35H25ClFNO5/c1-42-21-13-14-25(28(18-21)43-2)30-31(32(39)24-9-5-6-10-26(24)36)38-27-15-12-20(37)17-19(27)11-16-29(38)35(30)33(40)22-7-3-4-8-23(22)34(35)41/h3-18,29-31H,1-2H3/t29-,30+,31-/m0/s1. The molecule has 1 spiro atoms. The molecule has 7 rings (SSSR count). The van der Waals surface area contributed by atoms with E-state index in [1.54, 1.807) is 89.8 Å². The van der Waals surface area contributed by atoms with Gasteiger partial charge in [-0.05, 0) is 36.4 Å². The van der Waals surface area contributed by atoms with Gasteiger partial charge in [0.25, 0.3) is 0 Å². The van der Waals surface area contributed by atoms with Gasteiger partial charge in [0.1, 0.15) is 28.8 Å². The molecule has 0 N–H and O–H groups in total. The maximum absolute atomic E-state index is 14.8. The summed E-state index contributed by atoms with van der Waals surface area (Å²) in [5, 5.41) is 0.240. The molecule has 6 nitrogen and oxygen atoms in total. The van der Waals surface area contributed by atoms with Crippen molar-refractivity contribution in [2.75, 3.05) is 19.1 Å². The highest BCUT2D eigenvalue weighted by Gasteiger charge is 2.72. The Balaban J connectivity index is 1.58. The van der Waals surface area contributed by atoms with Crippen LogP contribution in [0.2, 0.25) is 5.02 Å². The van der Waals surface area contributed by atoms with Crippen LogP contribution in [0.4, 0.5) is 10.1 Å². The van der Waals surface area contributed by atoms with Gasteiger partial charge in [-0.15, -0.1) is 0 Å². The van der Waals surface area contributed by atoms with E-state index in [1.807, 2.05) is 0 Å². The highest BCUT2D eigenvalue weighted by molar-refractivity contribution is 6.35. The Bertz CT molecular complexity index is 1850. The fourth-order valence-corrected chi connectivity index (χ4v) is 7.42. The van der Waals surface area contributed by atoms with E-state index < -0.39 is 29.2 Å². The summed E-state index contributed by atoms with van der Waals surface area (Å²) in [7, 11) is 3.01. The van der Waals surface area contributed by atoms with Gasteiger partial charge >= 0.3 is 0 Å².